The van der Waals surface area contributed by atoms with Crippen LogP contribution in [0.15, 0.2) is 65.7 Å². The SMILES string of the molecule is O=c1c2cnc3nc(-c4ccc5c(c4)OCCCO5)nn3c2ccn1-c1cccc(C(F)(F)F)c1. The number of ether oxygens (including phenoxy) is 2. The maximum Gasteiger partial charge on any atom is 0.416 e. The zero-order valence-corrected chi connectivity index (χ0v) is 18.0. The smallest absolute Gasteiger partial charge is 0.416 e. The predicted octanol–water partition coefficient (Wildman–Crippen LogP) is 4.28. The van der Waals surface area contributed by atoms with Crippen LogP contribution >= 0.6 is 0 Å². The molecule has 0 fully saturated rings. The fraction of sp³-hybridized carbons (Fsp3) is 0.167. The average Bonchev–Trinajstić information content (AvgIpc) is 3.15. The second-order valence-corrected chi connectivity index (χ2v) is 7.96. The monoisotopic (exact) mass is 479 g/mol. The Kier molecular flexibility index (Phi) is 4.73. The first kappa shape index (κ1) is 21.1. The molecule has 0 amide bonds. The molecule has 0 bridgehead atoms. The molecule has 11 heteroatoms. The van der Waals surface area contributed by atoms with Gasteiger partial charge in [0.25, 0.3) is 11.3 Å². The minimum atomic E-state index is -4.52. The summed E-state index contributed by atoms with van der Waals surface area (Å²) in [6.07, 6.45) is -0.975. The lowest BCUT2D eigenvalue weighted by Crippen LogP contribution is -2.19. The third-order valence-corrected chi connectivity index (χ3v) is 5.69. The van der Waals surface area contributed by atoms with E-state index >= 15 is 0 Å². The van der Waals surface area contributed by atoms with Crippen molar-refractivity contribution in [3.63, 3.8) is 0 Å². The molecule has 0 atom stereocenters. The van der Waals surface area contributed by atoms with Gasteiger partial charge in [-0.05, 0) is 42.5 Å². The Labute approximate surface area is 195 Å². The number of hydrogen-bond acceptors (Lipinski definition) is 6. The first-order valence-electron chi connectivity index (χ1n) is 10.7. The molecule has 0 saturated carbocycles. The third kappa shape index (κ3) is 3.65. The molecule has 35 heavy (non-hydrogen) atoms. The Balaban J connectivity index is 1.45. The molecule has 4 heterocycles. The predicted molar refractivity (Wildman–Crippen MR) is 120 cm³/mol. The van der Waals surface area contributed by atoms with Crippen LogP contribution in [-0.2, 0) is 6.18 Å². The second-order valence-electron chi connectivity index (χ2n) is 7.96. The normalized spacial score (nSPS) is 13.8. The topological polar surface area (TPSA) is 83.5 Å². The lowest BCUT2D eigenvalue weighted by molar-refractivity contribution is -0.137. The molecule has 5 aromatic rings. The van der Waals surface area contributed by atoms with Crippen LogP contribution in [0.1, 0.15) is 12.0 Å². The highest BCUT2D eigenvalue weighted by atomic mass is 19.4. The summed E-state index contributed by atoms with van der Waals surface area (Å²) in [5.41, 5.74) is -0.157. The zero-order chi connectivity index (χ0) is 24.2. The lowest BCUT2D eigenvalue weighted by atomic mass is 10.2. The van der Waals surface area contributed by atoms with E-state index in [1.54, 1.807) is 18.2 Å². The first-order chi connectivity index (χ1) is 16.9. The molecule has 1 aliphatic heterocycles. The van der Waals surface area contributed by atoms with E-state index in [2.05, 4.69) is 15.1 Å². The number of nitrogens with zero attached hydrogens (tertiary/aromatic N) is 5. The van der Waals surface area contributed by atoms with Crippen LogP contribution in [0.4, 0.5) is 13.2 Å². The van der Waals surface area contributed by atoms with Crippen molar-refractivity contribution in [2.24, 2.45) is 0 Å². The molecule has 0 spiro atoms. The van der Waals surface area contributed by atoms with E-state index in [1.165, 1.54) is 29.0 Å². The molecule has 0 radical (unpaired) electrons. The zero-order valence-electron chi connectivity index (χ0n) is 18.0. The van der Waals surface area contributed by atoms with E-state index in [-0.39, 0.29) is 16.9 Å². The summed E-state index contributed by atoms with van der Waals surface area (Å²) < 4.78 is 53.4. The molecular weight excluding hydrogens is 463 g/mol. The minimum absolute atomic E-state index is 0.0956. The van der Waals surface area contributed by atoms with Gasteiger partial charge in [-0.3, -0.25) is 9.36 Å². The summed E-state index contributed by atoms with van der Waals surface area (Å²) in [4.78, 5) is 21.9. The van der Waals surface area contributed by atoms with Gasteiger partial charge in [0, 0.05) is 30.1 Å². The molecule has 2 aromatic carbocycles. The summed E-state index contributed by atoms with van der Waals surface area (Å²) in [5, 5.41) is 4.71. The Bertz CT molecular complexity index is 1660. The van der Waals surface area contributed by atoms with Crippen molar-refractivity contribution in [2.45, 2.75) is 12.6 Å². The number of pyridine rings is 1. The van der Waals surface area contributed by atoms with Gasteiger partial charge in [0.05, 0.1) is 29.7 Å². The summed E-state index contributed by atoms with van der Waals surface area (Å²) in [7, 11) is 0. The molecule has 1 aliphatic rings. The molecule has 3 aromatic heterocycles. The number of halogens is 3. The Hall–Kier alpha value is -4.41. The van der Waals surface area contributed by atoms with Crippen molar-refractivity contribution in [3.8, 4) is 28.6 Å². The van der Waals surface area contributed by atoms with Gasteiger partial charge in [0.2, 0.25) is 0 Å². The van der Waals surface area contributed by atoms with Crippen LogP contribution < -0.4 is 15.0 Å². The molecule has 0 N–H and O–H groups in total. The maximum atomic E-state index is 13.2. The molecular formula is C24H16F3N5O3. The van der Waals surface area contributed by atoms with E-state index in [4.69, 9.17) is 9.47 Å². The van der Waals surface area contributed by atoms with Gasteiger partial charge >= 0.3 is 6.18 Å². The van der Waals surface area contributed by atoms with Crippen LogP contribution in [-0.4, -0.2) is 37.4 Å². The largest absolute Gasteiger partial charge is 0.490 e. The van der Waals surface area contributed by atoms with Gasteiger partial charge < -0.3 is 9.47 Å². The summed E-state index contributed by atoms with van der Waals surface area (Å²) in [6.45, 7) is 1.12. The van der Waals surface area contributed by atoms with Crippen molar-refractivity contribution in [2.75, 3.05) is 13.2 Å². The highest BCUT2D eigenvalue weighted by molar-refractivity contribution is 5.79. The van der Waals surface area contributed by atoms with E-state index in [0.717, 1.165) is 23.1 Å². The van der Waals surface area contributed by atoms with Crippen molar-refractivity contribution < 1.29 is 22.6 Å². The number of fused-ring (bicyclic) bond motifs is 4. The van der Waals surface area contributed by atoms with Crippen LogP contribution in [0.2, 0.25) is 0 Å². The molecule has 0 unspecified atom stereocenters. The maximum absolute atomic E-state index is 13.2. The van der Waals surface area contributed by atoms with Gasteiger partial charge in [-0.2, -0.15) is 22.7 Å². The van der Waals surface area contributed by atoms with E-state index in [0.29, 0.717) is 41.6 Å². The fourth-order valence-electron chi connectivity index (χ4n) is 3.98. The highest BCUT2D eigenvalue weighted by Crippen LogP contribution is 2.33. The van der Waals surface area contributed by atoms with Crippen molar-refractivity contribution in [1.82, 2.24) is 24.1 Å². The van der Waals surface area contributed by atoms with Crippen molar-refractivity contribution in [3.05, 3.63) is 76.8 Å². The standard InChI is InChI=1S/C24H16F3N5O3/c25-24(26,27)15-3-1-4-16(12-15)31-8-7-18-17(22(31)33)13-28-23-29-21(30-32(18)23)14-5-6-19-20(11-14)35-10-2-9-34-19/h1,3-8,11-13H,2,9-10H2. The fourth-order valence-corrected chi connectivity index (χ4v) is 3.98. The van der Waals surface area contributed by atoms with Gasteiger partial charge in [-0.15, -0.1) is 5.10 Å². The second kappa shape index (κ2) is 7.83. The quantitative estimate of drug-likeness (QED) is 0.376. The third-order valence-electron chi connectivity index (χ3n) is 5.69. The van der Waals surface area contributed by atoms with Crippen molar-refractivity contribution >= 4 is 16.7 Å². The average molecular weight is 479 g/mol. The van der Waals surface area contributed by atoms with E-state index in [9.17, 15) is 18.0 Å². The lowest BCUT2D eigenvalue weighted by Gasteiger charge is -2.11. The number of benzene rings is 2. The number of rotatable bonds is 2. The van der Waals surface area contributed by atoms with Gasteiger partial charge in [0.15, 0.2) is 17.3 Å². The molecule has 0 saturated heterocycles. The Morgan fingerprint density at radius 2 is 1.80 bits per heavy atom. The number of alkyl halides is 3. The van der Waals surface area contributed by atoms with Crippen LogP contribution in [0.25, 0.3) is 33.8 Å². The molecule has 0 aliphatic carbocycles. The molecule has 8 nitrogen and oxygen atoms in total. The van der Waals surface area contributed by atoms with Crippen LogP contribution in [0, 0.1) is 0 Å². The van der Waals surface area contributed by atoms with Crippen LogP contribution in [0.3, 0.4) is 0 Å². The number of aromatic nitrogens is 5. The van der Waals surface area contributed by atoms with Gasteiger partial charge in [-0.1, -0.05) is 6.07 Å². The summed E-state index contributed by atoms with van der Waals surface area (Å²) in [5.74, 6) is 1.90. The first-order valence-corrected chi connectivity index (χ1v) is 10.7. The Morgan fingerprint density at radius 3 is 2.63 bits per heavy atom. The van der Waals surface area contributed by atoms with E-state index in [1.807, 2.05) is 6.07 Å². The molecule has 176 valence electrons. The minimum Gasteiger partial charge on any atom is -0.490 e. The van der Waals surface area contributed by atoms with Crippen LogP contribution in [0.5, 0.6) is 11.5 Å². The van der Waals surface area contributed by atoms with Gasteiger partial charge in [0.1, 0.15) is 0 Å². The van der Waals surface area contributed by atoms with Crippen molar-refractivity contribution in [1.29, 1.82) is 0 Å². The van der Waals surface area contributed by atoms with E-state index < -0.39 is 17.3 Å². The summed E-state index contributed by atoms with van der Waals surface area (Å²) >= 11 is 0. The number of hydrogen-bond donors (Lipinski definition) is 0. The molecule has 6 rings (SSSR count). The Morgan fingerprint density at radius 1 is 0.971 bits per heavy atom. The highest BCUT2D eigenvalue weighted by Gasteiger charge is 2.30. The summed E-state index contributed by atoms with van der Waals surface area (Å²) in [6, 6.07) is 11.6. The van der Waals surface area contributed by atoms with Gasteiger partial charge in [-0.25, -0.2) is 4.98 Å².